The lowest BCUT2D eigenvalue weighted by atomic mass is 9.95. The molecule has 1 atom stereocenters. The molecule has 0 bridgehead atoms. The van der Waals surface area contributed by atoms with Gasteiger partial charge in [-0.25, -0.2) is 0 Å². The van der Waals surface area contributed by atoms with Crippen molar-refractivity contribution in [2.45, 2.75) is 32.9 Å². The number of fused-ring (bicyclic) bond motifs is 1. The number of carbonyl (C=O) groups excluding carboxylic acids is 2. The van der Waals surface area contributed by atoms with Crippen LogP contribution in [0.15, 0.2) is 70.9 Å². The normalized spacial score (nSPS) is 18.5. The summed E-state index contributed by atoms with van der Waals surface area (Å²) >= 11 is 0. The monoisotopic (exact) mass is 503 g/mol. The Morgan fingerprint density at radius 3 is 2.51 bits per heavy atom. The Morgan fingerprint density at radius 1 is 1.05 bits per heavy atom. The predicted octanol–water partition coefficient (Wildman–Crippen LogP) is 5.10. The van der Waals surface area contributed by atoms with E-state index in [1.807, 2.05) is 24.3 Å². The zero-order valence-corrected chi connectivity index (χ0v) is 20.8. The first-order valence-electron chi connectivity index (χ1n) is 12.4. The third-order valence-electron chi connectivity index (χ3n) is 6.42. The number of hydrogen-bond donors (Lipinski definition) is 1. The fourth-order valence-electron chi connectivity index (χ4n) is 4.47. The summed E-state index contributed by atoms with van der Waals surface area (Å²) in [4.78, 5) is 27.9. The van der Waals surface area contributed by atoms with E-state index < -0.39 is 17.7 Å². The Labute approximate surface area is 215 Å². The van der Waals surface area contributed by atoms with Gasteiger partial charge in [0.25, 0.3) is 11.7 Å². The fraction of sp³-hybridized carbons (Fsp3) is 0.310. The van der Waals surface area contributed by atoms with Crippen LogP contribution >= 0.6 is 0 Å². The SMILES string of the molecule is CC(C)CCOc1ccc([C@H]2C(=C(O)c3ccc4c(c3)OCCO4)C(=O)C(=O)N2Cc2ccco2)cc1. The minimum Gasteiger partial charge on any atom is -0.507 e. The highest BCUT2D eigenvalue weighted by molar-refractivity contribution is 6.46. The molecule has 37 heavy (non-hydrogen) atoms. The van der Waals surface area contributed by atoms with E-state index in [0.717, 1.165) is 6.42 Å². The van der Waals surface area contributed by atoms with Crippen LogP contribution in [0.4, 0.5) is 0 Å². The maximum atomic E-state index is 13.3. The molecule has 192 valence electrons. The summed E-state index contributed by atoms with van der Waals surface area (Å²) in [7, 11) is 0. The molecule has 0 unspecified atom stereocenters. The van der Waals surface area contributed by atoms with E-state index in [-0.39, 0.29) is 17.9 Å². The average molecular weight is 504 g/mol. The van der Waals surface area contributed by atoms with Crippen molar-refractivity contribution in [3.63, 3.8) is 0 Å². The summed E-state index contributed by atoms with van der Waals surface area (Å²) in [6.45, 7) is 5.76. The molecule has 1 N–H and O–H groups in total. The average Bonchev–Trinajstić information content (AvgIpc) is 3.51. The van der Waals surface area contributed by atoms with Crippen LogP contribution in [-0.4, -0.2) is 41.5 Å². The molecule has 0 spiro atoms. The van der Waals surface area contributed by atoms with Gasteiger partial charge >= 0.3 is 0 Å². The molecule has 0 saturated carbocycles. The molecule has 1 aromatic heterocycles. The lowest BCUT2D eigenvalue weighted by molar-refractivity contribution is -0.140. The van der Waals surface area contributed by atoms with E-state index in [2.05, 4.69) is 13.8 Å². The molecule has 0 radical (unpaired) electrons. The summed E-state index contributed by atoms with van der Waals surface area (Å²) in [5, 5.41) is 11.3. The number of nitrogens with zero attached hydrogens (tertiary/aromatic N) is 1. The Kier molecular flexibility index (Phi) is 6.90. The number of Topliss-reactive ketones (excluding diaryl/α,β-unsaturated/α-hetero) is 1. The van der Waals surface area contributed by atoms with Gasteiger partial charge in [-0.1, -0.05) is 26.0 Å². The molecular weight excluding hydrogens is 474 g/mol. The second kappa shape index (κ2) is 10.4. The summed E-state index contributed by atoms with van der Waals surface area (Å²) in [6, 6.07) is 14.8. The number of hydrogen-bond acceptors (Lipinski definition) is 7. The molecule has 1 amide bonds. The summed E-state index contributed by atoms with van der Waals surface area (Å²) < 4.78 is 22.5. The van der Waals surface area contributed by atoms with Gasteiger partial charge in [0.05, 0.1) is 31.0 Å². The molecular formula is C29H29NO7. The van der Waals surface area contributed by atoms with E-state index in [4.69, 9.17) is 18.6 Å². The number of furan rings is 1. The van der Waals surface area contributed by atoms with Crippen molar-refractivity contribution < 1.29 is 33.3 Å². The van der Waals surface area contributed by atoms with Crippen LogP contribution in [0.2, 0.25) is 0 Å². The predicted molar refractivity (Wildman–Crippen MR) is 135 cm³/mol. The first-order chi connectivity index (χ1) is 17.9. The Bertz CT molecular complexity index is 1310. The highest BCUT2D eigenvalue weighted by Crippen LogP contribution is 2.42. The van der Waals surface area contributed by atoms with Crippen LogP contribution in [0.25, 0.3) is 5.76 Å². The van der Waals surface area contributed by atoms with Crippen LogP contribution < -0.4 is 14.2 Å². The smallest absolute Gasteiger partial charge is 0.296 e. The molecule has 3 aromatic rings. The molecule has 1 saturated heterocycles. The van der Waals surface area contributed by atoms with Crippen molar-refractivity contribution in [3.8, 4) is 17.2 Å². The van der Waals surface area contributed by atoms with E-state index in [0.29, 0.717) is 59.9 Å². The molecule has 1 fully saturated rings. The van der Waals surface area contributed by atoms with Gasteiger partial charge in [0, 0.05) is 5.56 Å². The van der Waals surface area contributed by atoms with Gasteiger partial charge in [0.1, 0.15) is 30.5 Å². The van der Waals surface area contributed by atoms with Crippen LogP contribution in [0, 0.1) is 5.92 Å². The second-order valence-electron chi connectivity index (χ2n) is 9.46. The quantitative estimate of drug-likeness (QED) is 0.259. The fourth-order valence-corrected chi connectivity index (χ4v) is 4.47. The van der Waals surface area contributed by atoms with Crippen molar-refractivity contribution in [3.05, 3.63) is 83.3 Å². The highest BCUT2D eigenvalue weighted by Gasteiger charge is 2.46. The highest BCUT2D eigenvalue weighted by atomic mass is 16.6. The lowest BCUT2D eigenvalue weighted by Crippen LogP contribution is -2.29. The maximum absolute atomic E-state index is 13.3. The summed E-state index contributed by atoms with van der Waals surface area (Å²) in [6.07, 6.45) is 2.44. The number of benzene rings is 2. The first kappa shape index (κ1) is 24.5. The summed E-state index contributed by atoms with van der Waals surface area (Å²) in [5.74, 6) is 1.03. The molecule has 2 aliphatic heterocycles. The summed E-state index contributed by atoms with van der Waals surface area (Å²) in [5.41, 5.74) is 1.03. The number of aliphatic hydroxyl groups excluding tert-OH is 1. The van der Waals surface area contributed by atoms with E-state index >= 15 is 0 Å². The largest absolute Gasteiger partial charge is 0.507 e. The minimum absolute atomic E-state index is 0.00158. The van der Waals surface area contributed by atoms with E-state index in [1.54, 1.807) is 30.3 Å². The van der Waals surface area contributed by atoms with Crippen molar-refractivity contribution in [1.82, 2.24) is 4.90 Å². The van der Waals surface area contributed by atoms with Crippen molar-refractivity contribution in [2.75, 3.05) is 19.8 Å². The molecule has 8 nitrogen and oxygen atoms in total. The first-order valence-corrected chi connectivity index (χ1v) is 12.4. The van der Waals surface area contributed by atoms with Crippen LogP contribution in [-0.2, 0) is 16.1 Å². The van der Waals surface area contributed by atoms with Gasteiger partial charge in [-0.05, 0) is 60.4 Å². The van der Waals surface area contributed by atoms with E-state index in [1.165, 1.54) is 11.2 Å². The lowest BCUT2D eigenvalue weighted by Gasteiger charge is -2.25. The number of rotatable bonds is 8. The van der Waals surface area contributed by atoms with Crippen molar-refractivity contribution >= 4 is 17.4 Å². The molecule has 8 heteroatoms. The number of likely N-dealkylation sites (tertiary alicyclic amines) is 1. The van der Waals surface area contributed by atoms with Gasteiger partial charge in [0.2, 0.25) is 0 Å². The third kappa shape index (κ3) is 5.05. The zero-order chi connectivity index (χ0) is 25.9. The van der Waals surface area contributed by atoms with Crippen molar-refractivity contribution in [1.29, 1.82) is 0 Å². The number of aliphatic hydroxyl groups is 1. The number of amides is 1. The standard InChI is InChI=1S/C29H29NO7/c1-18(2)11-13-35-21-8-5-19(6-9-21)26-25(28(32)29(33)30(26)17-22-4-3-12-34-22)27(31)20-7-10-23-24(16-20)37-15-14-36-23/h3-10,12,16,18,26,31H,11,13-15,17H2,1-2H3/t26-/m0/s1. The van der Waals surface area contributed by atoms with Crippen LogP contribution in [0.3, 0.4) is 0 Å². The van der Waals surface area contributed by atoms with Gasteiger partial charge < -0.3 is 28.6 Å². The molecule has 5 rings (SSSR count). The maximum Gasteiger partial charge on any atom is 0.296 e. The van der Waals surface area contributed by atoms with Gasteiger partial charge in [-0.15, -0.1) is 0 Å². The second-order valence-corrected chi connectivity index (χ2v) is 9.46. The van der Waals surface area contributed by atoms with Crippen molar-refractivity contribution in [2.24, 2.45) is 5.92 Å². The van der Waals surface area contributed by atoms with E-state index in [9.17, 15) is 14.7 Å². The van der Waals surface area contributed by atoms with Gasteiger partial charge in [-0.3, -0.25) is 9.59 Å². The number of ketones is 1. The minimum atomic E-state index is -0.817. The third-order valence-corrected chi connectivity index (χ3v) is 6.42. The van der Waals surface area contributed by atoms with Crippen LogP contribution in [0.1, 0.15) is 43.2 Å². The topological polar surface area (TPSA) is 98.4 Å². The molecule has 2 aliphatic rings. The van der Waals surface area contributed by atoms with Crippen LogP contribution in [0.5, 0.6) is 17.2 Å². The van der Waals surface area contributed by atoms with Gasteiger partial charge in [0.15, 0.2) is 11.5 Å². The zero-order valence-electron chi connectivity index (χ0n) is 20.8. The van der Waals surface area contributed by atoms with Gasteiger partial charge in [-0.2, -0.15) is 0 Å². The number of ether oxygens (including phenoxy) is 3. The molecule has 2 aromatic carbocycles. The Balaban J connectivity index is 1.53. The Hall–Kier alpha value is -4.20. The molecule has 3 heterocycles. The molecule has 0 aliphatic carbocycles. The Morgan fingerprint density at radius 2 is 1.81 bits per heavy atom. The number of carbonyl (C=O) groups is 2.